The smallest absolute Gasteiger partial charge is 0.326 e. The number of hydrogen-bond acceptors (Lipinski definition) is 5. The zero-order valence-electron chi connectivity index (χ0n) is 12.2. The fourth-order valence-corrected chi connectivity index (χ4v) is 2.58. The Hall–Kier alpha value is -2.21. The van der Waals surface area contributed by atoms with Crippen LogP contribution in [-0.2, 0) is 20.8 Å². The average Bonchev–Trinajstić information content (AvgIpc) is 2.56. The Bertz CT molecular complexity index is 719. The number of ether oxygens (including phenoxy) is 2. The van der Waals surface area contributed by atoms with E-state index in [1.807, 2.05) is 6.07 Å². The normalized spacial score (nSPS) is 18.3. The maximum Gasteiger partial charge on any atom is 0.326 e. The van der Waals surface area contributed by atoms with Gasteiger partial charge in [-0.2, -0.15) is 0 Å². The van der Waals surface area contributed by atoms with Crippen molar-refractivity contribution in [3.63, 3.8) is 0 Å². The van der Waals surface area contributed by atoms with Crippen LogP contribution >= 0.6 is 0 Å². The van der Waals surface area contributed by atoms with Gasteiger partial charge in [-0.05, 0) is 31.4 Å². The summed E-state index contributed by atoms with van der Waals surface area (Å²) in [5.41, 5.74) is 0.982. The van der Waals surface area contributed by atoms with Crippen LogP contribution in [-0.4, -0.2) is 34.8 Å². The summed E-state index contributed by atoms with van der Waals surface area (Å²) in [5, 5.41) is 0. The molecule has 1 aromatic heterocycles. The predicted octanol–water partition coefficient (Wildman–Crippen LogP) is 1.51. The molecule has 2 aromatic rings. The summed E-state index contributed by atoms with van der Waals surface area (Å²) < 4.78 is 12.1. The monoisotopic (exact) mass is 302 g/mol. The van der Waals surface area contributed by atoms with E-state index in [2.05, 4.69) is 4.98 Å². The lowest BCUT2D eigenvalue weighted by Gasteiger charge is -2.22. The summed E-state index contributed by atoms with van der Waals surface area (Å²) in [6, 6.07) is 7.21. The summed E-state index contributed by atoms with van der Waals surface area (Å²) in [4.78, 5) is 28.0. The lowest BCUT2D eigenvalue weighted by molar-refractivity contribution is -0.149. The first-order chi connectivity index (χ1) is 10.7. The maximum atomic E-state index is 12.0. The molecule has 1 atom stereocenters. The molecular weight excluding hydrogens is 284 g/mol. The third kappa shape index (κ3) is 3.33. The number of benzene rings is 1. The van der Waals surface area contributed by atoms with Gasteiger partial charge in [0.1, 0.15) is 13.2 Å². The van der Waals surface area contributed by atoms with Crippen LogP contribution in [0, 0.1) is 0 Å². The van der Waals surface area contributed by atoms with Crippen LogP contribution in [0.3, 0.4) is 0 Å². The van der Waals surface area contributed by atoms with Crippen molar-refractivity contribution in [1.82, 2.24) is 9.55 Å². The van der Waals surface area contributed by atoms with Crippen molar-refractivity contribution in [2.24, 2.45) is 0 Å². The van der Waals surface area contributed by atoms with Gasteiger partial charge in [-0.15, -0.1) is 0 Å². The van der Waals surface area contributed by atoms with Crippen molar-refractivity contribution in [3.05, 3.63) is 40.8 Å². The molecule has 1 fully saturated rings. The molecule has 2 heterocycles. The molecule has 0 radical (unpaired) electrons. The summed E-state index contributed by atoms with van der Waals surface area (Å²) in [6.07, 6.45) is 4.26. The van der Waals surface area contributed by atoms with Gasteiger partial charge in [0.15, 0.2) is 0 Å². The van der Waals surface area contributed by atoms with Gasteiger partial charge >= 0.3 is 5.97 Å². The molecule has 0 aliphatic carbocycles. The molecule has 1 aliphatic heterocycles. The van der Waals surface area contributed by atoms with Crippen molar-refractivity contribution < 1.29 is 14.3 Å². The van der Waals surface area contributed by atoms with Crippen molar-refractivity contribution in [2.45, 2.75) is 31.9 Å². The number of rotatable bonds is 4. The molecule has 0 spiro atoms. The fraction of sp³-hybridized carbons (Fsp3) is 0.438. The van der Waals surface area contributed by atoms with Gasteiger partial charge < -0.3 is 9.47 Å². The number of para-hydroxylation sites is 2. The van der Waals surface area contributed by atoms with E-state index in [1.165, 1.54) is 10.8 Å². The summed E-state index contributed by atoms with van der Waals surface area (Å²) in [6.45, 7) is 0.849. The molecule has 6 nitrogen and oxygen atoms in total. The molecule has 1 unspecified atom stereocenters. The highest BCUT2D eigenvalue weighted by Crippen LogP contribution is 2.13. The van der Waals surface area contributed by atoms with Gasteiger partial charge in [-0.1, -0.05) is 12.1 Å². The number of esters is 1. The van der Waals surface area contributed by atoms with E-state index in [1.54, 1.807) is 18.2 Å². The van der Waals surface area contributed by atoms with E-state index in [-0.39, 0.29) is 24.8 Å². The summed E-state index contributed by atoms with van der Waals surface area (Å²) in [5.74, 6) is -0.437. The van der Waals surface area contributed by atoms with Crippen LogP contribution in [0.2, 0.25) is 0 Å². The summed E-state index contributed by atoms with van der Waals surface area (Å²) in [7, 11) is 0. The molecule has 3 rings (SSSR count). The number of fused-ring (bicyclic) bond motifs is 1. The molecule has 0 amide bonds. The molecular formula is C16H18N2O4. The van der Waals surface area contributed by atoms with Crippen molar-refractivity contribution in [3.8, 4) is 0 Å². The first-order valence-electron chi connectivity index (χ1n) is 7.46. The third-order valence-corrected chi connectivity index (χ3v) is 3.74. The minimum absolute atomic E-state index is 0.0244. The quantitative estimate of drug-likeness (QED) is 0.801. The van der Waals surface area contributed by atoms with Gasteiger partial charge in [0.2, 0.25) is 0 Å². The van der Waals surface area contributed by atoms with Gasteiger partial charge in [0.05, 0.1) is 23.3 Å². The highest BCUT2D eigenvalue weighted by atomic mass is 16.6. The number of aromatic nitrogens is 2. The Kier molecular flexibility index (Phi) is 4.48. The highest BCUT2D eigenvalue weighted by molar-refractivity contribution is 5.77. The minimum Gasteiger partial charge on any atom is -0.462 e. The zero-order valence-corrected chi connectivity index (χ0v) is 12.2. The van der Waals surface area contributed by atoms with Gasteiger partial charge in [0, 0.05) is 6.61 Å². The van der Waals surface area contributed by atoms with E-state index in [9.17, 15) is 9.59 Å². The van der Waals surface area contributed by atoms with Crippen LogP contribution in [0.1, 0.15) is 19.3 Å². The number of hydrogen-bond donors (Lipinski definition) is 0. The van der Waals surface area contributed by atoms with Crippen LogP contribution in [0.5, 0.6) is 0 Å². The fourth-order valence-electron chi connectivity index (χ4n) is 2.58. The predicted molar refractivity (Wildman–Crippen MR) is 80.6 cm³/mol. The van der Waals surface area contributed by atoms with Crippen LogP contribution in [0.15, 0.2) is 35.3 Å². The highest BCUT2D eigenvalue weighted by Gasteiger charge is 2.17. The Morgan fingerprint density at radius 2 is 2.23 bits per heavy atom. The second-order valence-corrected chi connectivity index (χ2v) is 5.34. The van der Waals surface area contributed by atoms with E-state index in [4.69, 9.17) is 9.47 Å². The van der Waals surface area contributed by atoms with E-state index < -0.39 is 5.97 Å². The number of carbonyl (C=O) groups excluding carboxylic acids is 1. The largest absolute Gasteiger partial charge is 0.462 e. The summed E-state index contributed by atoms with van der Waals surface area (Å²) >= 11 is 0. The third-order valence-electron chi connectivity index (χ3n) is 3.74. The first-order valence-corrected chi connectivity index (χ1v) is 7.46. The maximum absolute atomic E-state index is 12.0. The molecule has 6 heteroatoms. The molecule has 22 heavy (non-hydrogen) atoms. The first kappa shape index (κ1) is 14.7. The van der Waals surface area contributed by atoms with Crippen LogP contribution < -0.4 is 5.56 Å². The lowest BCUT2D eigenvalue weighted by Crippen LogP contribution is -2.29. The standard InChI is InChI=1S/C16H18N2O4/c19-15-9-17-13-6-1-2-7-14(13)18(15)10-16(20)22-11-12-5-3-4-8-21-12/h1-2,6-7,9,12H,3-5,8,10-11H2. The Balaban J connectivity index is 1.68. The lowest BCUT2D eigenvalue weighted by atomic mass is 10.1. The topological polar surface area (TPSA) is 70.4 Å². The van der Waals surface area contributed by atoms with Crippen LogP contribution in [0.25, 0.3) is 11.0 Å². The molecule has 116 valence electrons. The molecule has 0 saturated carbocycles. The molecule has 1 saturated heterocycles. The molecule has 0 bridgehead atoms. The second-order valence-electron chi connectivity index (χ2n) is 5.34. The van der Waals surface area contributed by atoms with Gasteiger partial charge in [-0.25, -0.2) is 4.98 Å². The van der Waals surface area contributed by atoms with E-state index in [0.717, 1.165) is 25.9 Å². The zero-order chi connectivity index (χ0) is 15.4. The average molecular weight is 302 g/mol. The SMILES string of the molecule is O=C(Cn1c(=O)cnc2ccccc21)OCC1CCCCO1. The van der Waals surface area contributed by atoms with E-state index >= 15 is 0 Å². The molecule has 1 aromatic carbocycles. The van der Waals surface area contributed by atoms with E-state index in [0.29, 0.717) is 11.0 Å². The Labute approximate surface area is 127 Å². The van der Waals surface area contributed by atoms with Crippen LogP contribution in [0.4, 0.5) is 0 Å². The van der Waals surface area contributed by atoms with Crippen molar-refractivity contribution >= 4 is 17.0 Å². The minimum atomic E-state index is -0.437. The Morgan fingerprint density at radius 1 is 1.36 bits per heavy atom. The van der Waals surface area contributed by atoms with Gasteiger partial charge in [0.25, 0.3) is 5.56 Å². The molecule has 1 aliphatic rings. The Morgan fingerprint density at radius 3 is 3.05 bits per heavy atom. The second kappa shape index (κ2) is 6.70. The van der Waals surface area contributed by atoms with Crippen molar-refractivity contribution in [2.75, 3.05) is 13.2 Å². The van der Waals surface area contributed by atoms with Crippen molar-refractivity contribution in [1.29, 1.82) is 0 Å². The van der Waals surface area contributed by atoms with Gasteiger partial charge in [-0.3, -0.25) is 14.2 Å². The number of carbonyl (C=O) groups is 1. The number of nitrogens with zero attached hydrogens (tertiary/aromatic N) is 2. The molecule has 0 N–H and O–H groups in total.